The minimum Gasteiger partial charge on any atom is -0.480 e. The van der Waals surface area contributed by atoms with Crippen LogP contribution < -0.4 is 0 Å². The number of carboxylic acid groups (broad SMARTS) is 1. The first kappa shape index (κ1) is 13.2. The van der Waals surface area contributed by atoms with Crippen molar-refractivity contribution in [3.63, 3.8) is 0 Å². The molecule has 1 saturated carbocycles. The number of H-pyrrole nitrogens is 1. The van der Waals surface area contributed by atoms with Crippen LogP contribution in [-0.2, 0) is 20.8 Å². The van der Waals surface area contributed by atoms with Crippen molar-refractivity contribution < 1.29 is 19.5 Å². The molecule has 22 heavy (non-hydrogen) atoms. The average Bonchev–Trinajstić information content (AvgIpc) is 3.23. The van der Waals surface area contributed by atoms with Gasteiger partial charge in [-0.1, -0.05) is 12.2 Å². The molecule has 5 atom stereocenters. The number of allylic oxidation sites excluding steroid dienone is 2. The van der Waals surface area contributed by atoms with Crippen LogP contribution in [0.2, 0.25) is 0 Å². The Kier molecular flexibility index (Phi) is 2.72. The topological polar surface area (TPSA) is 103 Å². The predicted molar refractivity (Wildman–Crippen MR) is 73.3 cm³/mol. The number of hydrogen-bond acceptors (Lipinski definition) is 4. The van der Waals surface area contributed by atoms with Gasteiger partial charge in [0.2, 0.25) is 11.8 Å². The van der Waals surface area contributed by atoms with E-state index in [1.165, 1.54) is 12.5 Å². The molecule has 1 aromatic heterocycles. The zero-order chi connectivity index (χ0) is 15.4. The first-order valence-corrected chi connectivity index (χ1v) is 7.33. The van der Waals surface area contributed by atoms with Crippen molar-refractivity contribution in [2.24, 2.45) is 23.7 Å². The smallest absolute Gasteiger partial charge is 0.327 e. The normalized spacial score (nSPS) is 33.5. The molecule has 0 radical (unpaired) electrons. The third kappa shape index (κ3) is 1.68. The Hall–Kier alpha value is -2.44. The molecule has 2 heterocycles. The number of nitrogens with zero attached hydrogens (tertiary/aromatic N) is 2. The summed E-state index contributed by atoms with van der Waals surface area (Å²) in [6, 6.07) is -1.18. The van der Waals surface area contributed by atoms with E-state index < -0.39 is 12.0 Å². The standard InChI is InChI=1S/C15H15N3O4/c19-13-11-7-1-2-8(3-7)12(11)14(20)18(13)10(15(21)22)4-9-5-16-6-17-9/h1-2,5-8,10-12H,3-4H2,(H,16,17)(H,21,22)/t7-,8+,10-,11-,12+/m0/s1. The number of amides is 2. The van der Waals surface area contributed by atoms with Gasteiger partial charge in [0, 0.05) is 18.3 Å². The second kappa shape index (κ2) is 4.53. The Morgan fingerprint density at radius 3 is 2.45 bits per heavy atom. The van der Waals surface area contributed by atoms with Gasteiger partial charge >= 0.3 is 5.97 Å². The summed E-state index contributed by atoms with van der Waals surface area (Å²) >= 11 is 0. The lowest BCUT2D eigenvalue weighted by atomic mass is 9.85. The lowest BCUT2D eigenvalue weighted by Crippen LogP contribution is -2.47. The third-order valence-corrected chi connectivity index (χ3v) is 5.07. The maximum absolute atomic E-state index is 12.6. The summed E-state index contributed by atoms with van der Waals surface area (Å²) in [6.07, 6.45) is 7.82. The molecule has 2 fully saturated rings. The van der Waals surface area contributed by atoms with Gasteiger partial charge in [-0.15, -0.1) is 0 Å². The molecule has 1 aromatic rings. The van der Waals surface area contributed by atoms with Crippen LogP contribution >= 0.6 is 0 Å². The van der Waals surface area contributed by atoms with Gasteiger partial charge in [0.05, 0.1) is 18.2 Å². The number of carboxylic acids is 1. The zero-order valence-corrected chi connectivity index (χ0v) is 11.7. The molecule has 0 spiro atoms. The van der Waals surface area contributed by atoms with Gasteiger partial charge < -0.3 is 10.1 Å². The second-order valence-electron chi connectivity index (χ2n) is 6.18. The van der Waals surface area contributed by atoms with Gasteiger partial charge in [-0.25, -0.2) is 9.78 Å². The van der Waals surface area contributed by atoms with Crippen molar-refractivity contribution in [3.8, 4) is 0 Å². The first-order chi connectivity index (χ1) is 10.6. The summed E-state index contributed by atoms with van der Waals surface area (Å²) in [6.45, 7) is 0. The number of aliphatic carboxylic acids is 1. The number of carbonyl (C=O) groups is 3. The number of imide groups is 1. The van der Waals surface area contributed by atoms with E-state index >= 15 is 0 Å². The van der Waals surface area contributed by atoms with Gasteiger partial charge in [-0.3, -0.25) is 14.5 Å². The highest BCUT2D eigenvalue weighted by Gasteiger charge is 2.61. The summed E-state index contributed by atoms with van der Waals surface area (Å²) in [4.78, 5) is 44.5. The highest BCUT2D eigenvalue weighted by atomic mass is 16.4. The molecule has 2 bridgehead atoms. The molecule has 0 unspecified atom stereocenters. The number of carbonyl (C=O) groups excluding carboxylic acids is 2. The van der Waals surface area contributed by atoms with Crippen LogP contribution in [0, 0.1) is 23.7 Å². The molecule has 3 aliphatic rings. The Bertz CT molecular complexity index is 651. The summed E-state index contributed by atoms with van der Waals surface area (Å²) < 4.78 is 0. The number of likely N-dealkylation sites (tertiary alicyclic amines) is 1. The van der Waals surface area contributed by atoms with Crippen LogP contribution in [-0.4, -0.2) is 43.8 Å². The lowest BCUT2D eigenvalue weighted by molar-refractivity contribution is -0.155. The van der Waals surface area contributed by atoms with E-state index in [0.29, 0.717) is 5.69 Å². The van der Waals surface area contributed by atoms with Crippen molar-refractivity contribution in [1.29, 1.82) is 0 Å². The molecule has 2 amide bonds. The van der Waals surface area contributed by atoms with Gasteiger partial charge in [0.25, 0.3) is 0 Å². The van der Waals surface area contributed by atoms with Gasteiger partial charge in [-0.05, 0) is 18.3 Å². The molecule has 0 aromatic carbocycles. The maximum Gasteiger partial charge on any atom is 0.327 e. The largest absolute Gasteiger partial charge is 0.480 e. The molecule has 7 heteroatoms. The molecule has 1 aliphatic heterocycles. The second-order valence-corrected chi connectivity index (χ2v) is 6.18. The quantitative estimate of drug-likeness (QED) is 0.611. The van der Waals surface area contributed by atoms with E-state index in [4.69, 9.17) is 0 Å². The monoisotopic (exact) mass is 301 g/mol. The Morgan fingerprint density at radius 1 is 1.32 bits per heavy atom. The Labute approximate surface area is 126 Å². The van der Waals surface area contributed by atoms with Crippen LogP contribution in [0.4, 0.5) is 0 Å². The van der Waals surface area contributed by atoms with Crippen LogP contribution in [0.3, 0.4) is 0 Å². The summed E-state index contributed by atoms with van der Waals surface area (Å²) in [7, 11) is 0. The first-order valence-electron chi connectivity index (χ1n) is 7.33. The summed E-state index contributed by atoms with van der Waals surface area (Å²) in [5, 5.41) is 9.48. The molecule has 114 valence electrons. The van der Waals surface area contributed by atoms with Crippen molar-refractivity contribution >= 4 is 17.8 Å². The molecule has 4 rings (SSSR count). The van der Waals surface area contributed by atoms with E-state index in [9.17, 15) is 19.5 Å². The number of fused-ring (bicyclic) bond motifs is 5. The van der Waals surface area contributed by atoms with Crippen molar-refractivity contribution in [3.05, 3.63) is 30.4 Å². The van der Waals surface area contributed by atoms with Crippen LogP contribution in [0.1, 0.15) is 12.1 Å². The average molecular weight is 301 g/mol. The minimum atomic E-state index is -1.18. The zero-order valence-electron chi connectivity index (χ0n) is 11.7. The van der Waals surface area contributed by atoms with Crippen molar-refractivity contribution in [2.75, 3.05) is 0 Å². The number of nitrogens with one attached hydrogen (secondary N) is 1. The molecular formula is C15H15N3O4. The highest BCUT2D eigenvalue weighted by molar-refractivity contribution is 6.08. The van der Waals surface area contributed by atoms with Gasteiger partial charge in [0.1, 0.15) is 6.04 Å². The van der Waals surface area contributed by atoms with E-state index in [2.05, 4.69) is 9.97 Å². The van der Waals surface area contributed by atoms with Crippen molar-refractivity contribution in [1.82, 2.24) is 14.9 Å². The molecule has 7 nitrogen and oxygen atoms in total. The fourth-order valence-electron chi connectivity index (χ4n) is 4.13. The summed E-state index contributed by atoms with van der Waals surface area (Å²) in [5.74, 6) is -2.41. The van der Waals surface area contributed by atoms with Crippen LogP contribution in [0.5, 0.6) is 0 Å². The van der Waals surface area contributed by atoms with E-state index in [1.54, 1.807) is 0 Å². The minimum absolute atomic E-state index is 0.0506. The van der Waals surface area contributed by atoms with Crippen LogP contribution in [0.15, 0.2) is 24.7 Å². The Morgan fingerprint density at radius 2 is 1.95 bits per heavy atom. The molecular weight excluding hydrogens is 286 g/mol. The molecule has 2 N–H and O–H groups in total. The number of aromatic amines is 1. The molecule has 2 aliphatic carbocycles. The van der Waals surface area contributed by atoms with Gasteiger partial charge in [0.15, 0.2) is 0 Å². The highest BCUT2D eigenvalue weighted by Crippen LogP contribution is 2.52. The van der Waals surface area contributed by atoms with E-state index in [0.717, 1.165) is 11.3 Å². The number of hydrogen-bond donors (Lipinski definition) is 2. The van der Waals surface area contributed by atoms with E-state index in [-0.39, 0.29) is 41.9 Å². The number of aromatic nitrogens is 2. The van der Waals surface area contributed by atoms with Gasteiger partial charge in [-0.2, -0.15) is 0 Å². The number of rotatable bonds is 4. The predicted octanol–water partition coefficient (Wildman–Crippen LogP) is 0.212. The van der Waals surface area contributed by atoms with E-state index in [1.807, 2.05) is 12.2 Å². The lowest BCUT2D eigenvalue weighted by Gasteiger charge is -2.24. The third-order valence-electron chi connectivity index (χ3n) is 5.07. The van der Waals surface area contributed by atoms with Crippen molar-refractivity contribution in [2.45, 2.75) is 18.9 Å². The Balaban J connectivity index is 1.65. The fraction of sp³-hybridized carbons (Fsp3) is 0.467. The summed E-state index contributed by atoms with van der Waals surface area (Å²) in [5.41, 5.74) is 0.589. The fourth-order valence-corrected chi connectivity index (χ4v) is 4.13. The number of imidazole rings is 1. The maximum atomic E-state index is 12.6. The molecule has 1 saturated heterocycles. The SMILES string of the molecule is O=C(O)[C@H](Cc1cnc[nH]1)N1C(=O)[C@@H]2[C@H](C1=O)[C@@H]1C=C[C@H]2C1. The van der Waals surface area contributed by atoms with Crippen LogP contribution in [0.25, 0.3) is 0 Å².